The second-order valence-corrected chi connectivity index (χ2v) is 7.47. The molecule has 0 saturated carbocycles. The third-order valence-corrected chi connectivity index (χ3v) is 4.03. The maximum Gasteiger partial charge on any atom is 0.124 e. The lowest BCUT2D eigenvalue weighted by atomic mass is 10.1. The van der Waals surface area contributed by atoms with Gasteiger partial charge in [-0.25, -0.2) is 0 Å². The van der Waals surface area contributed by atoms with Crippen LogP contribution in [0.15, 0.2) is 39.5 Å². The van der Waals surface area contributed by atoms with Crippen LogP contribution in [-0.2, 0) is 13.2 Å². The zero-order chi connectivity index (χ0) is 14.6. The van der Waals surface area contributed by atoms with Crippen molar-refractivity contribution in [1.29, 1.82) is 0 Å². The van der Waals surface area contributed by atoms with Crippen molar-refractivity contribution in [2.75, 3.05) is 0 Å². The summed E-state index contributed by atoms with van der Waals surface area (Å²) in [6, 6.07) is 8.25. The standard InChI is InChI=1S/C16H20BrNOS/c1-16(2,3)18-9-13-8-14(17)4-5-15(13)19-10-12-6-7-20-11-12/h4-8,11,18H,9-10H2,1-3H3. The van der Waals surface area contributed by atoms with Crippen molar-refractivity contribution in [2.45, 2.75) is 39.5 Å². The first-order chi connectivity index (χ1) is 9.44. The van der Waals surface area contributed by atoms with Crippen molar-refractivity contribution in [3.63, 3.8) is 0 Å². The summed E-state index contributed by atoms with van der Waals surface area (Å²) in [5, 5.41) is 7.69. The first-order valence-corrected chi connectivity index (χ1v) is 8.35. The zero-order valence-corrected chi connectivity index (χ0v) is 14.5. The van der Waals surface area contributed by atoms with Crippen molar-refractivity contribution in [3.8, 4) is 5.75 Å². The van der Waals surface area contributed by atoms with Gasteiger partial charge in [-0.2, -0.15) is 11.3 Å². The molecule has 2 rings (SSSR count). The van der Waals surface area contributed by atoms with E-state index in [1.807, 2.05) is 12.1 Å². The molecule has 1 aromatic heterocycles. The monoisotopic (exact) mass is 353 g/mol. The van der Waals surface area contributed by atoms with Crippen LogP contribution in [0.4, 0.5) is 0 Å². The Kier molecular flexibility index (Phi) is 5.24. The molecule has 0 bridgehead atoms. The number of thiophene rings is 1. The number of nitrogens with one attached hydrogen (secondary N) is 1. The molecule has 0 atom stereocenters. The molecule has 0 spiro atoms. The van der Waals surface area contributed by atoms with Crippen LogP contribution in [-0.4, -0.2) is 5.54 Å². The van der Waals surface area contributed by atoms with Gasteiger partial charge in [0.25, 0.3) is 0 Å². The van der Waals surface area contributed by atoms with Crippen LogP contribution in [0.1, 0.15) is 31.9 Å². The fourth-order valence-electron chi connectivity index (χ4n) is 1.72. The fourth-order valence-corrected chi connectivity index (χ4v) is 2.79. The van der Waals surface area contributed by atoms with Gasteiger partial charge in [0, 0.05) is 22.1 Å². The predicted octanol–water partition coefficient (Wildman–Crippen LogP) is 4.98. The van der Waals surface area contributed by atoms with Gasteiger partial charge >= 0.3 is 0 Å². The fraction of sp³-hybridized carbons (Fsp3) is 0.375. The SMILES string of the molecule is CC(C)(C)NCc1cc(Br)ccc1OCc1ccsc1. The van der Waals surface area contributed by atoms with Crippen LogP contribution in [0.2, 0.25) is 0 Å². The van der Waals surface area contributed by atoms with Crippen molar-refractivity contribution >= 4 is 27.3 Å². The quantitative estimate of drug-likeness (QED) is 0.818. The molecule has 4 heteroatoms. The molecule has 0 aliphatic rings. The average Bonchev–Trinajstić information content (AvgIpc) is 2.87. The van der Waals surface area contributed by atoms with Crippen molar-refractivity contribution in [1.82, 2.24) is 5.32 Å². The Labute approximate surface area is 133 Å². The van der Waals surface area contributed by atoms with E-state index in [9.17, 15) is 0 Å². The van der Waals surface area contributed by atoms with Gasteiger partial charge in [-0.1, -0.05) is 15.9 Å². The van der Waals surface area contributed by atoms with Crippen LogP contribution in [0.25, 0.3) is 0 Å². The third-order valence-electron chi connectivity index (χ3n) is 2.81. The van der Waals surface area contributed by atoms with Crippen LogP contribution in [0.5, 0.6) is 5.75 Å². The predicted molar refractivity (Wildman–Crippen MR) is 89.4 cm³/mol. The van der Waals surface area contributed by atoms with E-state index in [4.69, 9.17) is 4.74 Å². The number of ether oxygens (including phenoxy) is 1. The van der Waals surface area contributed by atoms with Gasteiger partial charge < -0.3 is 10.1 Å². The van der Waals surface area contributed by atoms with Gasteiger partial charge in [0.05, 0.1) is 0 Å². The van der Waals surface area contributed by atoms with Gasteiger partial charge in [-0.05, 0) is 61.4 Å². The third kappa shape index (κ3) is 4.93. The molecule has 0 fully saturated rings. The number of halogens is 1. The Hall–Kier alpha value is -0.840. The molecular weight excluding hydrogens is 334 g/mol. The lowest BCUT2D eigenvalue weighted by molar-refractivity contribution is 0.300. The molecule has 1 N–H and O–H groups in total. The normalized spacial score (nSPS) is 11.6. The Morgan fingerprint density at radius 3 is 2.70 bits per heavy atom. The first kappa shape index (κ1) is 15.5. The number of benzene rings is 1. The Bertz CT molecular complexity index is 546. The van der Waals surface area contributed by atoms with E-state index in [0.717, 1.165) is 16.8 Å². The smallest absolute Gasteiger partial charge is 0.124 e. The van der Waals surface area contributed by atoms with E-state index >= 15 is 0 Å². The second-order valence-electron chi connectivity index (χ2n) is 5.78. The largest absolute Gasteiger partial charge is 0.489 e. The summed E-state index contributed by atoms with van der Waals surface area (Å²) in [6.07, 6.45) is 0. The molecule has 0 unspecified atom stereocenters. The molecule has 0 aliphatic carbocycles. The number of hydrogen-bond donors (Lipinski definition) is 1. The van der Waals surface area contributed by atoms with Crippen LogP contribution in [0.3, 0.4) is 0 Å². The molecule has 20 heavy (non-hydrogen) atoms. The topological polar surface area (TPSA) is 21.3 Å². The maximum atomic E-state index is 5.95. The number of hydrogen-bond acceptors (Lipinski definition) is 3. The molecule has 0 aliphatic heterocycles. The second kappa shape index (κ2) is 6.74. The minimum absolute atomic E-state index is 0.0902. The van der Waals surface area contributed by atoms with Crippen molar-refractivity contribution in [3.05, 3.63) is 50.6 Å². The van der Waals surface area contributed by atoms with Gasteiger partial charge in [-0.15, -0.1) is 0 Å². The highest BCUT2D eigenvalue weighted by Gasteiger charge is 2.11. The maximum absolute atomic E-state index is 5.95. The summed E-state index contributed by atoms with van der Waals surface area (Å²) in [6.45, 7) is 7.90. The molecule has 2 aromatic rings. The summed E-state index contributed by atoms with van der Waals surface area (Å²) < 4.78 is 7.02. The molecule has 0 radical (unpaired) electrons. The molecule has 2 nitrogen and oxygen atoms in total. The lowest BCUT2D eigenvalue weighted by Gasteiger charge is -2.22. The van der Waals surface area contributed by atoms with E-state index < -0.39 is 0 Å². The van der Waals surface area contributed by atoms with Gasteiger partial charge in [0.1, 0.15) is 12.4 Å². The first-order valence-electron chi connectivity index (χ1n) is 6.61. The van der Waals surface area contributed by atoms with Crippen molar-refractivity contribution < 1.29 is 4.74 Å². The summed E-state index contributed by atoms with van der Waals surface area (Å²) >= 11 is 5.22. The van der Waals surface area contributed by atoms with Crippen LogP contribution in [0, 0.1) is 0 Å². The number of rotatable bonds is 5. The molecule has 0 amide bonds. The van der Waals surface area contributed by atoms with E-state index in [1.165, 1.54) is 11.1 Å². The van der Waals surface area contributed by atoms with E-state index in [-0.39, 0.29) is 5.54 Å². The minimum atomic E-state index is 0.0902. The Balaban J connectivity index is 2.07. The van der Waals surface area contributed by atoms with Gasteiger partial charge in [-0.3, -0.25) is 0 Å². The highest BCUT2D eigenvalue weighted by Crippen LogP contribution is 2.25. The van der Waals surface area contributed by atoms with E-state index in [2.05, 4.69) is 64.9 Å². The van der Waals surface area contributed by atoms with Crippen LogP contribution >= 0.6 is 27.3 Å². The molecule has 0 saturated heterocycles. The highest BCUT2D eigenvalue weighted by atomic mass is 79.9. The van der Waals surface area contributed by atoms with Crippen LogP contribution < -0.4 is 10.1 Å². The average molecular weight is 354 g/mol. The molecule has 1 heterocycles. The highest BCUT2D eigenvalue weighted by molar-refractivity contribution is 9.10. The summed E-state index contributed by atoms with van der Waals surface area (Å²) in [5.41, 5.74) is 2.48. The Morgan fingerprint density at radius 1 is 1.25 bits per heavy atom. The van der Waals surface area contributed by atoms with E-state index in [1.54, 1.807) is 11.3 Å². The molecule has 108 valence electrons. The molecular formula is C16H20BrNOS. The zero-order valence-electron chi connectivity index (χ0n) is 12.1. The molecule has 1 aromatic carbocycles. The summed E-state index contributed by atoms with van der Waals surface area (Å²) in [4.78, 5) is 0. The minimum Gasteiger partial charge on any atom is -0.489 e. The van der Waals surface area contributed by atoms with E-state index in [0.29, 0.717) is 6.61 Å². The lowest BCUT2D eigenvalue weighted by Crippen LogP contribution is -2.35. The summed E-state index contributed by atoms with van der Waals surface area (Å²) in [7, 11) is 0. The van der Waals surface area contributed by atoms with Gasteiger partial charge in [0.15, 0.2) is 0 Å². The Morgan fingerprint density at radius 2 is 2.05 bits per heavy atom. The summed E-state index contributed by atoms with van der Waals surface area (Å²) in [5.74, 6) is 0.941. The van der Waals surface area contributed by atoms with Crippen molar-refractivity contribution in [2.24, 2.45) is 0 Å². The van der Waals surface area contributed by atoms with Gasteiger partial charge in [0.2, 0.25) is 0 Å².